The summed E-state index contributed by atoms with van der Waals surface area (Å²) in [5.41, 5.74) is 8.79. The van der Waals surface area contributed by atoms with Crippen LogP contribution in [-0.4, -0.2) is 32.5 Å². The van der Waals surface area contributed by atoms with Crippen molar-refractivity contribution in [1.29, 1.82) is 0 Å². The van der Waals surface area contributed by atoms with E-state index in [1.54, 1.807) is 0 Å². The zero-order valence-corrected chi connectivity index (χ0v) is 30.1. The van der Waals surface area contributed by atoms with Gasteiger partial charge in [0.2, 0.25) is 0 Å². The van der Waals surface area contributed by atoms with Crippen molar-refractivity contribution in [2.24, 2.45) is 0 Å². The van der Waals surface area contributed by atoms with Crippen molar-refractivity contribution in [3.8, 4) is 45.6 Å². The summed E-state index contributed by atoms with van der Waals surface area (Å²) < 4.78 is 22.6. The van der Waals surface area contributed by atoms with Crippen LogP contribution >= 0.6 is 0 Å². The second-order valence-electron chi connectivity index (χ2n) is 11.7. The number of rotatable bonds is 9. The first-order chi connectivity index (χ1) is 22.8. The van der Waals surface area contributed by atoms with Crippen molar-refractivity contribution in [2.75, 3.05) is 13.2 Å². The van der Waals surface area contributed by atoms with E-state index < -0.39 is 0 Å². The molecule has 244 valence electrons. The van der Waals surface area contributed by atoms with E-state index in [9.17, 15) is 0 Å². The van der Waals surface area contributed by atoms with Gasteiger partial charge in [0.05, 0.1) is 25.0 Å². The van der Waals surface area contributed by atoms with Crippen molar-refractivity contribution < 1.29 is 35.3 Å². The van der Waals surface area contributed by atoms with Crippen LogP contribution in [0.15, 0.2) is 85.3 Å². The maximum Gasteiger partial charge on any atom is 2.00 e. The van der Waals surface area contributed by atoms with Crippen LogP contribution in [-0.2, 0) is 21.1 Å². The number of fused-ring (bicyclic) bond motifs is 3. The van der Waals surface area contributed by atoms with Gasteiger partial charge >= 0.3 is 21.1 Å². The third-order valence-electron chi connectivity index (χ3n) is 8.18. The summed E-state index contributed by atoms with van der Waals surface area (Å²) in [6, 6.07) is 29.5. The number of aromatic nitrogens is 4. The average molecular weight is 816 g/mol. The normalized spacial score (nSPS) is 11.1. The molecule has 0 bridgehead atoms. The van der Waals surface area contributed by atoms with E-state index in [1.807, 2.05) is 74.4 Å². The molecule has 3 aromatic heterocycles. The molecule has 7 nitrogen and oxygen atoms in total. The molecule has 0 fully saturated rings. The first-order valence-corrected chi connectivity index (χ1v) is 15.9. The molecule has 48 heavy (non-hydrogen) atoms. The Bertz CT molecular complexity index is 2240. The van der Waals surface area contributed by atoms with Crippen molar-refractivity contribution in [1.82, 2.24) is 19.3 Å². The van der Waals surface area contributed by atoms with Crippen LogP contribution in [0.2, 0.25) is 0 Å². The van der Waals surface area contributed by atoms with Gasteiger partial charge in [-0.1, -0.05) is 30.6 Å². The van der Waals surface area contributed by atoms with Gasteiger partial charge in [-0.3, -0.25) is 4.68 Å². The monoisotopic (exact) mass is 815 g/mol. The van der Waals surface area contributed by atoms with Gasteiger partial charge in [0.15, 0.2) is 0 Å². The van der Waals surface area contributed by atoms with E-state index in [0.29, 0.717) is 24.7 Å². The second-order valence-corrected chi connectivity index (χ2v) is 11.7. The summed E-state index contributed by atoms with van der Waals surface area (Å²) in [4.78, 5) is 4.69. The maximum atomic E-state index is 6.44. The molecule has 0 N–H and O–H groups in total. The Balaban J connectivity index is 0.00000401. The van der Waals surface area contributed by atoms with Crippen molar-refractivity contribution >= 4 is 21.8 Å². The van der Waals surface area contributed by atoms with Gasteiger partial charge in [-0.05, 0) is 86.6 Å². The van der Waals surface area contributed by atoms with E-state index in [4.69, 9.17) is 19.3 Å². The van der Waals surface area contributed by atoms with Crippen molar-refractivity contribution in [3.05, 3.63) is 120 Å². The number of hydrogen-bond acceptors (Lipinski definition) is 5. The maximum absolute atomic E-state index is 6.44. The summed E-state index contributed by atoms with van der Waals surface area (Å²) >= 11 is 0. The molecule has 4 aromatic carbocycles. The van der Waals surface area contributed by atoms with Gasteiger partial charge in [0.1, 0.15) is 17.3 Å². The number of nitrogens with zero attached hydrogens (tertiary/aromatic N) is 4. The van der Waals surface area contributed by atoms with E-state index in [-0.39, 0.29) is 21.1 Å². The summed E-state index contributed by atoms with van der Waals surface area (Å²) in [6.07, 6.45) is 5.67. The number of aryl methyl sites for hydroxylation is 4. The van der Waals surface area contributed by atoms with Gasteiger partial charge in [-0.25, -0.2) is 4.98 Å². The van der Waals surface area contributed by atoms with Gasteiger partial charge in [-0.2, -0.15) is 16.7 Å². The number of ether oxygens (including phenoxy) is 3. The number of pyridine rings is 1. The molecule has 0 aliphatic carbocycles. The van der Waals surface area contributed by atoms with Crippen LogP contribution in [0.1, 0.15) is 36.1 Å². The first-order valence-electron chi connectivity index (χ1n) is 15.9. The molecule has 3 heterocycles. The Labute approximate surface area is 295 Å². The smallest absolute Gasteiger partial charge is 0.509 e. The molecule has 0 aliphatic heterocycles. The molecule has 0 saturated heterocycles. The fraction of sp³-hybridized carbons (Fsp3) is 0.200. The van der Waals surface area contributed by atoms with E-state index >= 15 is 0 Å². The Kier molecular flexibility index (Phi) is 9.43. The zero-order valence-electron chi connectivity index (χ0n) is 27.8. The largest absolute Gasteiger partial charge is 2.00 e. The molecule has 0 unspecified atom stereocenters. The second kappa shape index (κ2) is 13.7. The molecule has 7 rings (SSSR count). The minimum Gasteiger partial charge on any atom is -0.509 e. The molecule has 0 radical (unpaired) electrons. The van der Waals surface area contributed by atoms with Gasteiger partial charge < -0.3 is 18.8 Å². The standard InChI is InChI=1S/C40H36N4O3.Pt/c1-7-45-39-27(5)20-28(6)40(46-8-2)38(39)29-23-42-43(24-29)30-17-26(4)18-32(21-30)47-31-13-14-34-33-11-9-10-12-35(33)44(36(34)22-31)37-19-25(3)15-16-41-37;/h9-20,23-24H,7-8H2,1-6H3;/q-2;+2. The quantitative estimate of drug-likeness (QED) is 0.136. The van der Waals surface area contributed by atoms with Crippen LogP contribution in [0.25, 0.3) is 44.4 Å². The predicted octanol–water partition coefficient (Wildman–Crippen LogP) is 9.45. The van der Waals surface area contributed by atoms with Crippen LogP contribution in [0.3, 0.4) is 0 Å². The third-order valence-corrected chi connectivity index (χ3v) is 8.18. The summed E-state index contributed by atoms with van der Waals surface area (Å²) in [5, 5.41) is 6.95. The Morgan fingerprint density at radius 1 is 0.750 bits per heavy atom. The molecule has 7 aromatic rings. The van der Waals surface area contributed by atoms with Crippen LogP contribution in [0, 0.1) is 39.8 Å². The average Bonchev–Trinajstić information content (AvgIpc) is 3.66. The predicted molar refractivity (Wildman–Crippen MR) is 187 cm³/mol. The van der Waals surface area contributed by atoms with Gasteiger partial charge in [-0.15, -0.1) is 35.7 Å². The molecule has 0 spiro atoms. The molecular weight excluding hydrogens is 780 g/mol. The third kappa shape index (κ3) is 6.11. The van der Waals surface area contributed by atoms with Crippen molar-refractivity contribution in [3.63, 3.8) is 0 Å². The van der Waals surface area contributed by atoms with Crippen LogP contribution in [0.4, 0.5) is 0 Å². The molecule has 0 amide bonds. The number of hydrogen-bond donors (Lipinski definition) is 0. The topological polar surface area (TPSA) is 63.3 Å². The molecule has 0 atom stereocenters. The first kappa shape index (κ1) is 33.0. The van der Waals surface area contributed by atoms with Gasteiger partial charge in [0.25, 0.3) is 0 Å². The van der Waals surface area contributed by atoms with Crippen LogP contribution < -0.4 is 14.2 Å². The summed E-state index contributed by atoms with van der Waals surface area (Å²) in [6.45, 7) is 13.3. The molecule has 8 heteroatoms. The Morgan fingerprint density at radius 3 is 2.23 bits per heavy atom. The fourth-order valence-corrected chi connectivity index (χ4v) is 6.23. The summed E-state index contributed by atoms with van der Waals surface area (Å²) in [5.74, 6) is 3.61. The Hall–Kier alpha value is -4.87. The SMILES string of the molecule is CCOc1c(C)cc(C)c(OCC)c1-c1cnn(-c2[c-]c(Oc3[c-]c4c(cc3)c3ccccc3n4-c3cc(C)ccn3)cc(C)c2)c1.[Pt+2]. The minimum absolute atomic E-state index is 0. The summed E-state index contributed by atoms with van der Waals surface area (Å²) in [7, 11) is 0. The van der Waals surface area contributed by atoms with Gasteiger partial charge in [0, 0.05) is 35.0 Å². The van der Waals surface area contributed by atoms with E-state index in [2.05, 4.69) is 78.9 Å². The number of para-hydroxylation sites is 1. The fourth-order valence-electron chi connectivity index (χ4n) is 6.23. The minimum atomic E-state index is 0. The molecule has 0 saturated carbocycles. The molecule has 0 aliphatic rings. The zero-order chi connectivity index (χ0) is 32.7. The Morgan fingerprint density at radius 2 is 1.50 bits per heavy atom. The van der Waals surface area contributed by atoms with E-state index in [1.165, 1.54) is 0 Å². The van der Waals surface area contributed by atoms with E-state index in [0.717, 1.165) is 78.2 Å². The van der Waals surface area contributed by atoms with Crippen molar-refractivity contribution in [2.45, 2.75) is 41.5 Å². The number of benzene rings is 4. The van der Waals surface area contributed by atoms with Crippen LogP contribution in [0.5, 0.6) is 23.0 Å². The molecular formula is C40H36N4O3Pt.